The van der Waals surface area contributed by atoms with Crippen molar-refractivity contribution < 1.29 is 4.79 Å². The number of aromatic nitrogens is 2. The van der Waals surface area contributed by atoms with E-state index in [2.05, 4.69) is 22.4 Å². The van der Waals surface area contributed by atoms with E-state index in [0.29, 0.717) is 5.13 Å². The molecule has 1 atom stereocenters. The van der Waals surface area contributed by atoms with E-state index in [1.165, 1.54) is 24.2 Å². The van der Waals surface area contributed by atoms with Crippen molar-refractivity contribution in [3.63, 3.8) is 0 Å². The van der Waals surface area contributed by atoms with Gasteiger partial charge in [0.25, 0.3) is 0 Å². The number of benzene rings is 1. The van der Waals surface area contributed by atoms with Gasteiger partial charge in [-0.15, -0.1) is 22.6 Å². The van der Waals surface area contributed by atoms with Crippen molar-refractivity contribution in [2.45, 2.75) is 45.1 Å². The Bertz CT molecular complexity index is 591. The van der Waals surface area contributed by atoms with Crippen LogP contribution in [0.4, 0.5) is 5.13 Å². The molecule has 1 aromatic heterocycles. The molecule has 5 nitrogen and oxygen atoms in total. The van der Waals surface area contributed by atoms with Gasteiger partial charge in [-0.05, 0) is 12.0 Å². The van der Waals surface area contributed by atoms with E-state index < -0.39 is 0 Å². The van der Waals surface area contributed by atoms with Gasteiger partial charge in [0.2, 0.25) is 11.0 Å². The number of carbonyl (C=O) groups excluding carboxylic acids is 1. The van der Waals surface area contributed by atoms with Crippen molar-refractivity contribution in [2.24, 2.45) is 5.73 Å². The monoisotopic (exact) mass is 354 g/mol. The zero-order chi connectivity index (χ0) is 15.8. The normalized spacial score (nSPS) is 11.6. The van der Waals surface area contributed by atoms with Crippen molar-refractivity contribution in [1.82, 2.24) is 10.2 Å². The van der Waals surface area contributed by atoms with E-state index in [-0.39, 0.29) is 30.8 Å². The Morgan fingerprint density at radius 2 is 2.00 bits per heavy atom. The summed E-state index contributed by atoms with van der Waals surface area (Å²) in [6.45, 7) is 2.17. The van der Waals surface area contributed by atoms with Crippen LogP contribution in [0.25, 0.3) is 0 Å². The minimum Gasteiger partial charge on any atom is -0.324 e. The fraction of sp³-hybridized carbons (Fsp3) is 0.438. The molecule has 0 aliphatic heterocycles. The molecule has 1 amide bonds. The third kappa shape index (κ3) is 6.64. The van der Waals surface area contributed by atoms with Gasteiger partial charge in [-0.3, -0.25) is 4.79 Å². The van der Waals surface area contributed by atoms with Crippen LogP contribution in [0.15, 0.2) is 30.3 Å². The third-order valence-electron chi connectivity index (χ3n) is 3.34. The Hall–Kier alpha value is -1.50. The number of rotatable bonds is 8. The fourth-order valence-electron chi connectivity index (χ4n) is 2.12. The van der Waals surface area contributed by atoms with Crippen LogP contribution in [0.3, 0.4) is 0 Å². The maximum absolute atomic E-state index is 12.0. The van der Waals surface area contributed by atoms with Gasteiger partial charge in [0.1, 0.15) is 5.01 Å². The molecule has 0 radical (unpaired) electrons. The summed E-state index contributed by atoms with van der Waals surface area (Å²) < 4.78 is 0. The zero-order valence-electron chi connectivity index (χ0n) is 13.2. The molecule has 1 heterocycles. The molecule has 0 bridgehead atoms. The number of carbonyl (C=O) groups is 1. The number of hydrogen-bond acceptors (Lipinski definition) is 5. The molecule has 0 fully saturated rings. The van der Waals surface area contributed by atoms with Gasteiger partial charge in [0, 0.05) is 18.9 Å². The first-order valence-electron chi connectivity index (χ1n) is 7.61. The Morgan fingerprint density at radius 1 is 1.26 bits per heavy atom. The molecule has 2 aromatic rings. The lowest BCUT2D eigenvalue weighted by molar-refractivity contribution is -0.116. The molecular weight excluding hydrogens is 332 g/mol. The molecule has 0 aliphatic carbocycles. The van der Waals surface area contributed by atoms with Crippen LogP contribution in [0.1, 0.15) is 49.2 Å². The molecule has 1 unspecified atom stereocenters. The van der Waals surface area contributed by atoms with E-state index in [9.17, 15) is 4.79 Å². The molecule has 3 N–H and O–H groups in total. The zero-order valence-corrected chi connectivity index (χ0v) is 14.8. The summed E-state index contributed by atoms with van der Waals surface area (Å²) in [7, 11) is 0. The molecule has 1 aromatic carbocycles. The quantitative estimate of drug-likeness (QED) is 0.708. The minimum atomic E-state index is -0.307. The van der Waals surface area contributed by atoms with Crippen molar-refractivity contribution >= 4 is 34.8 Å². The highest BCUT2D eigenvalue weighted by atomic mass is 35.5. The number of halogens is 1. The smallest absolute Gasteiger partial charge is 0.228 e. The molecular formula is C16H23ClN4OS. The fourth-order valence-corrected chi connectivity index (χ4v) is 2.92. The van der Waals surface area contributed by atoms with Gasteiger partial charge in [-0.2, -0.15) is 0 Å². The summed E-state index contributed by atoms with van der Waals surface area (Å²) in [6, 6.07) is 9.31. The lowest BCUT2D eigenvalue weighted by Crippen LogP contribution is -2.20. The van der Waals surface area contributed by atoms with E-state index in [1.807, 2.05) is 30.3 Å². The summed E-state index contributed by atoms with van der Waals surface area (Å²) in [4.78, 5) is 12.0. The van der Waals surface area contributed by atoms with E-state index in [4.69, 9.17) is 5.73 Å². The van der Waals surface area contributed by atoms with Crippen molar-refractivity contribution in [2.75, 3.05) is 5.32 Å². The van der Waals surface area contributed by atoms with Crippen LogP contribution in [0.2, 0.25) is 0 Å². The van der Waals surface area contributed by atoms with Gasteiger partial charge in [0.05, 0.1) is 0 Å². The Morgan fingerprint density at radius 3 is 2.70 bits per heavy atom. The van der Waals surface area contributed by atoms with Gasteiger partial charge in [0.15, 0.2) is 0 Å². The molecule has 0 saturated heterocycles. The highest BCUT2D eigenvalue weighted by Gasteiger charge is 2.13. The van der Waals surface area contributed by atoms with E-state index >= 15 is 0 Å². The molecule has 126 valence electrons. The first-order valence-corrected chi connectivity index (χ1v) is 8.43. The summed E-state index contributed by atoms with van der Waals surface area (Å²) in [5, 5.41) is 12.4. The maximum atomic E-state index is 12.0. The van der Waals surface area contributed by atoms with Crippen LogP contribution >= 0.6 is 23.7 Å². The van der Waals surface area contributed by atoms with Crippen LogP contribution in [0.5, 0.6) is 0 Å². The Kier molecular flexibility index (Phi) is 8.76. The summed E-state index contributed by atoms with van der Waals surface area (Å²) in [5.41, 5.74) is 7.00. The highest BCUT2D eigenvalue weighted by Crippen LogP contribution is 2.19. The number of aryl methyl sites for hydroxylation is 1. The minimum absolute atomic E-state index is 0. The van der Waals surface area contributed by atoms with E-state index in [0.717, 1.165) is 23.4 Å². The number of nitrogens with one attached hydrogen (secondary N) is 1. The van der Waals surface area contributed by atoms with Gasteiger partial charge >= 0.3 is 0 Å². The van der Waals surface area contributed by atoms with Gasteiger partial charge < -0.3 is 11.1 Å². The first kappa shape index (κ1) is 19.5. The van der Waals surface area contributed by atoms with Crippen LogP contribution in [0, 0.1) is 0 Å². The Labute approximate surface area is 147 Å². The van der Waals surface area contributed by atoms with Crippen LogP contribution in [-0.2, 0) is 11.2 Å². The lowest BCUT2D eigenvalue weighted by atomic mass is 10.0. The van der Waals surface area contributed by atoms with Crippen molar-refractivity contribution in [3.8, 4) is 0 Å². The lowest BCUT2D eigenvalue weighted by Gasteiger charge is -2.10. The second-order valence-corrected chi connectivity index (χ2v) is 6.29. The SMILES string of the molecule is CCCCCc1nnc(NC(=O)CC(N)c2ccccc2)s1.Cl. The molecule has 0 aliphatic rings. The second kappa shape index (κ2) is 10.3. The number of nitrogens with zero attached hydrogens (tertiary/aromatic N) is 2. The maximum Gasteiger partial charge on any atom is 0.228 e. The summed E-state index contributed by atoms with van der Waals surface area (Å²) in [6.07, 6.45) is 4.63. The average Bonchev–Trinajstić information content (AvgIpc) is 2.95. The molecule has 0 spiro atoms. The third-order valence-corrected chi connectivity index (χ3v) is 4.24. The van der Waals surface area contributed by atoms with Gasteiger partial charge in [-0.1, -0.05) is 61.4 Å². The number of nitrogens with two attached hydrogens (primary N) is 1. The average molecular weight is 355 g/mol. The summed E-state index contributed by atoms with van der Waals surface area (Å²) >= 11 is 1.44. The number of hydrogen-bond donors (Lipinski definition) is 2. The number of amides is 1. The standard InChI is InChI=1S/C16H22N4OS.ClH/c1-2-3-5-10-15-19-20-16(22-15)18-14(21)11-13(17)12-8-6-4-7-9-12;/h4,6-9,13H,2-3,5,10-11,17H2,1H3,(H,18,20,21);1H. The molecule has 23 heavy (non-hydrogen) atoms. The predicted molar refractivity (Wildman–Crippen MR) is 97.0 cm³/mol. The van der Waals surface area contributed by atoms with Crippen LogP contribution < -0.4 is 11.1 Å². The molecule has 2 rings (SSSR count). The molecule has 7 heteroatoms. The van der Waals surface area contributed by atoms with Crippen LogP contribution in [-0.4, -0.2) is 16.1 Å². The first-order chi connectivity index (χ1) is 10.7. The highest BCUT2D eigenvalue weighted by molar-refractivity contribution is 7.15. The van der Waals surface area contributed by atoms with Gasteiger partial charge in [-0.25, -0.2) is 0 Å². The topological polar surface area (TPSA) is 80.9 Å². The number of unbranched alkanes of at least 4 members (excludes halogenated alkanes) is 2. The predicted octanol–water partition coefficient (Wildman–Crippen LogP) is 3.72. The largest absolute Gasteiger partial charge is 0.324 e. The van der Waals surface area contributed by atoms with Crippen molar-refractivity contribution in [3.05, 3.63) is 40.9 Å². The summed E-state index contributed by atoms with van der Waals surface area (Å²) in [5.74, 6) is -0.132. The Balaban J connectivity index is 0.00000264. The van der Waals surface area contributed by atoms with Crippen molar-refractivity contribution in [1.29, 1.82) is 0 Å². The van der Waals surface area contributed by atoms with E-state index in [1.54, 1.807) is 0 Å². The number of anilines is 1. The molecule has 0 saturated carbocycles. The second-order valence-electron chi connectivity index (χ2n) is 5.23.